The van der Waals surface area contributed by atoms with Gasteiger partial charge in [0.2, 0.25) is 5.97 Å². The Hall–Kier alpha value is -1.18. The molecule has 0 saturated carbocycles. The number of hydrogen-bond acceptors (Lipinski definition) is 1. The van der Waals surface area contributed by atoms with Gasteiger partial charge in [-0.1, -0.05) is 32.0 Å². The largest absolute Gasteiger partial charge is 0.253 e. The van der Waals surface area contributed by atoms with Gasteiger partial charge in [-0.3, -0.25) is 4.99 Å². The minimum atomic E-state index is -0.292. The highest BCUT2D eigenvalue weighted by molar-refractivity contribution is 5.98. The van der Waals surface area contributed by atoms with E-state index in [-0.39, 0.29) is 5.97 Å². The summed E-state index contributed by atoms with van der Waals surface area (Å²) in [5, 5.41) is 0. The maximum atomic E-state index is 13.3. The first-order valence-corrected chi connectivity index (χ1v) is 4.52. The van der Waals surface area contributed by atoms with Crippen LogP contribution in [0.15, 0.2) is 23.2 Å². The van der Waals surface area contributed by atoms with Gasteiger partial charge in [-0.05, 0) is 17.0 Å². The van der Waals surface area contributed by atoms with Crippen molar-refractivity contribution in [2.24, 2.45) is 4.99 Å². The Morgan fingerprint density at radius 3 is 2.85 bits per heavy atom. The van der Waals surface area contributed by atoms with Crippen LogP contribution in [0.3, 0.4) is 0 Å². The smallest absolute Gasteiger partial charge is 0.216 e. The quantitative estimate of drug-likeness (QED) is 0.625. The van der Waals surface area contributed by atoms with Crippen LogP contribution >= 0.6 is 0 Å². The van der Waals surface area contributed by atoms with E-state index in [1.165, 1.54) is 0 Å². The molecule has 2 rings (SSSR count). The molecule has 0 N–H and O–H groups in total. The Bertz CT molecular complexity index is 366. The first kappa shape index (κ1) is 8.42. The lowest BCUT2D eigenvalue weighted by molar-refractivity contribution is 0.796. The normalized spacial score (nSPS) is 14.6. The number of benzene rings is 1. The highest BCUT2D eigenvalue weighted by Gasteiger charge is 2.20. The monoisotopic (exact) mass is 177 g/mol. The van der Waals surface area contributed by atoms with Gasteiger partial charge < -0.3 is 0 Å². The fraction of sp³-hybridized carbons (Fsp3) is 0.364. The molecule has 1 aliphatic heterocycles. The lowest BCUT2D eigenvalue weighted by Gasteiger charge is -2.09. The average molecular weight is 177 g/mol. The summed E-state index contributed by atoms with van der Waals surface area (Å²) in [5.41, 5.74) is 2.82. The second-order valence-corrected chi connectivity index (χ2v) is 3.64. The molecule has 0 saturated heterocycles. The molecule has 2 heteroatoms. The minimum absolute atomic E-state index is 0.292. The van der Waals surface area contributed by atoms with Gasteiger partial charge in [-0.25, -0.2) is 0 Å². The molecule has 1 aromatic carbocycles. The van der Waals surface area contributed by atoms with Crippen LogP contribution in [0.25, 0.3) is 0 Å². The van der Waals surface area contributed by atoms with Gasteiger partial charge >= 0.3 is 0 Å². The predicted molar refractivity (Wildman–Crippen MR) is 51.9 cm³/mol. The third kappa shape index (κ3) is 1.26. The third-order valence-corrected chi connectivity index (χ3v) is 2.40. The van der Waals surface area contributed by atoms with E-state index in [1.807, 2.05) is 18.2 Å². The van der Waals surface area contributed by atoms with Crippen molar-refractivity contribution in [1.29, 1.82) is 0 Å². The van der Waals surface area contributed by atoms with E-state index in [2.05, 4.69) is 18.8 Å². The maximum Gasteiger partial charge on any atom is 0.216 e. The van der Waals surface area contributed by atoms with Crippen LogP contribution < -0.4 is 0 Å². The second kappa shape index (κ2) is 2.95. The van der Waals surface area contributed by atoms with Crippen LogP contribution in [0, 0.1) is 0 Å². The zero-order valence-corrected chi connectivity index (χ0v) is 7.84. The summed E-state index contributed by atoms with van der Waals surface area (Å²) in [6.45, 7) is 4.64. The molecule has 1 aliphatic rings. The highest BCUT2D eigenvalue weighted by atomic mass is 19.1. The number of fused-ring (bicyclic) bond motifs is 1. The summed E-state index contributed by atoms with van der Waals surface area (Å²) in [4.78, 5) is 3.80. The van der Waals surface area contributed by atoms with Crippen LogP contribution in [-0.2, 0) is 6.54 Å². The molecule has 0 bridgehead atoms. The number of aliphatic imine (C=N–C) groups is 1. The molecular formula is C11H12FN. The summed E-state index contributed by atoms with van der Waals surface area (Å²) in [6, 6.07) is 5.89. The lowest BCUT2D eigenvalue weighted by atomic mass is 9.95. The van der Waals surface area contributed by atoms with E-state index in [9.17, 15) is 4.39 Å². The molecule has 1 heterocycles. The van der Waals surface area contributed by atoms with Crippen molar-refractivity contribution >= 4 is 5.97 Å². The van der Waals surface area contributed by atoms with Crippen molar-refractivity contribution in [2.75, 3.05) is 0 Å². The SMILES string of the molecule is CC(C)c1cccc2c1C(F)=NC2. The van der Waals surface area contributed by atoms with E-state index in [0.29, 0.717) is 12.5 Å². The zero-order chi connectivity index (χ0) is 9.42. The molecule has 68 valence electrons. The van der Waals surface area contributed by atoms with E-state index >= 15 is 0 Å². The van der Waals surface area contributed by atoms with Crippen LogP contribution in [0.4, 0.5) is 4.39 Å². The number of hydrogen-bond donors (Lipinski definition) is 0. The topological polar surface area (TPSA) is 12.4 Å². The van der Waals surface area contributed by atoms with E-state index in [1.54, 1.807) is 0 Å². The standard InChI is InChI=1S/C11H12FN/c1-7(2)9-5-3-4-8-6-13-11(12)10(8)9/h3-5,7H,6H2,1-2H3. The molecule has 0 fully saturated rings. The molecule has 0 aliphatic carbocycles. The number of rotatable bonds is 1. The fourth-order valence-corrected chi connectivity index (χ4v) is 1.72. The van der Waals surface area contributed by atoms with Crippen molar-refractivity contribution in [3.05, 3.63) is 34.9 Å². The Morgan fingerprint density at radius 2 is 2.15 bits per heavy atom. The number of halogens is 1. The van der Waals surface area contributed by atoms with Crippen LogP contribution in [0.5, 0.6) is 0 Å². The van der Waals surface area contributed by atoms with Gasteiger partial charge in [0.25, 0.3) is 0 Å². The van der Waals surface area contributed by atoms with E-state index < -0.39 is 0 Å². The Kier molecular flexibility index (Phi) is 1.91. The van der Waals surface area contributed by atoms with Gasteiger partial charge in [-0.2, -0.15) is 4.39 Å². The summed E-state index contributed by atoms with van der Waals surface area (Å²) in [7, 11) is 0. The molecule has 0 amide bonds. The second-order valence-electron chi connectivity index (χ2n) is 3.64. The van der Waals surface area contributed by atoms with Crippen molar-refractivity contribution in [2.45, 2.75) is 26.3 Å². The predicted octanol–water partition coefficient (Wildman–Crippen LogP) is 3.04. The van der Waals surface area contributed by atoms with Gasteiger partial charge in [0.15, 0.2) is 0 Å². The minimum Gasteiger partial charge on any atom is -0.253 e. The molecular weight excluding hydrogens is 165 g/mol. The summed E-state index contributed by atoms with van der Waals surface area (Å²) in [5.74, 6) is 0.0632. The summed E-state index contributed by atoms with van der Waals surface area (Å²) in [6.07, 6.45) is 0. The van der Waals surface area contributed by atoms with Crippen LogP contribution in [-0.4, -0.2) is 5.97 Å². The fourth-order valence-electron chi connectivity index (χ4n) is 1.72. The van der Waals surface area contributed by atoms with Gasteiger partial charge in [-0.15, -0.1) is 0 Å². The molecule has 0 unspecified atom stereocenters. The highest BCUT2D eigenvalue weighted by Crippen LogP contribution is 2.28. The first-order chi connectivity index (χ1) is 6.20. The summed E-state index contributed by atoms with van der Waals surface area (Å²) < 4.78 is 13.3. The zero-order valence-electron chi connectivity index (χ0n) is 7.84. The first-order valence-electron chi connectivity index (χ1n) is 4.52. The molecule has 13 heavy (non-hydrogen) atoms. The number of nitrogens with zero attached hydrogens (tertiary/aromatic N) is 1. The molecule has 0 spiro atoms. The lowest BCUT2D eigenvalue weighted by Crippen LogP contribution is -2.00. The molecule has 0 radical (unpaired) electrons. The molecule has 1 nitrogen and oxygen atoms in total. The molecule has 0 atom stereocenters. The Labute approximate surface area is 77.3 Å². The van der Waals surface area contributed by atoms with Gasteiger partial charge in [0, 0.05) is 5.56 Å². The molecule has 1 aromatic rings. The molecule has 0 aromatic heterocycles. The summed E-state index contributed by atoms with van der Waals surface area (Å²) >= 11 is 0. The average Bonchev–Trinajstić information content (AvgIpc) is 2.48. The van der Waals surface area contributed by atoms with Gasteiger partial charge in [0.1, 0.15) is 0 Å². The Balaban J connectivity index is 2.60. The Morgan fingerprint density at radius 1 is 1.38 bits per heavy atom. The van der Waals surface area contributed by atoms with Gasteiger partial charge in [0.05, 0.1) is 6.54 Å². The van der Waals surface area contributed by atoms with Crippen molar-refractivity contribution < 1.29 is 4.39 Å². The maximum absolute atomic E-state index is 13.3. The van der Waals surface area contributed by atoms with E-state index in [0.717, 1.165) is 16.7 Å². The van der Waals surface area contributed by atoms with E-state index in [4.69, 9.17) is 0 Å². The van der Waals surface area contributed by atoms with Crippen molar-refractivity contribution in [3.63, 3.8) is 0 Å². The van der Waals surface area contributed by atoms with Crippen molar-refractivity contribution in [1.82, 2.24) is 0 Å². The van der Waals surface area contributed by atoms with Crippen molar-refractivity contribution in [3.8, 4) is 0 Å². The van der Waals surface area contributed by atoms with Crippen LogP contribution in [0.1, 0.15) is 36.5 Å². The third-order valence-electron chi connectivity index (χ3n) is 2.40. The van der Waals surface area contributed by atoms with Crippen LogP contribution in [0.2, 0.25) is 0 Å².